The van der Waals surface area contributed by atoms with Gasteiger partial charge in [-0.1, -0.05) is 36.6 Å². The largest absolute Gasteiger partial charge is 0.485 e. The van der Waals surface area contributed by atoms with Crippen LogP contribution in [0.4, 0.5) is 5.82 Å². The van der Waals surface area contributed by atoms with Crippen LogP contribution < -0.4 is 10.1 Å². The van der Waals surface area contributed by atoms with Gasteiger partial charge in [0.1, 0.15) is 12.2 Å². The van der Waals surface area contributed by atoms with Crippen molar-refractivity contribution in [2.75, 3.05) is 39.5 Å². The number of hydrogen-bond donors (Lipinski definition) is 2. The van der Waals surface area contributed by atoms with Gasteiger partial charge in [0.15, 0.2) is 11.6 Å². The van der Waals surface area contributed by atoms with Crippen molar-refractivity contribution in [2.45, 2.75) is 44.9 Å². The van der Waals surface area contributed by atoms with E-state index in [2.05, 4.69) is 58.8 Å². The average molecular weight is 475 g/mol. The molecule has 0 radical (unpaired) electrons. The molecule has 1 aliphatic heterocycles. The summed E-state index contributed by atoms with van der Waals surface area (Å²) in [7, 11) is 6.15. The lowest BCUT2D eigenvalue weighted by molar-refractivity contribution is 0.143. The second kappa shape index (κ2) is 11.9. The first-order valence-electron chi connectivity index (χ1n) is 12.1. The molecule has 1 saturated heterocycles. The SMILES string of the molecule is C=C/C(=C\N(C)C1CCN(C)CC1)c1cnc(NC)c(OCc2cccc(C#CC(C)(C)O)c2)c1. The van der Waals surface area contributed by atoms with E-state index in [4.69, 9.17) is 4.74 Å². The van der Waals surface area contributed by atoms with Gasteiger partial charge in [0.05, 0.1) is 0 Å². The van der Waals surface area contributed by atoms with Crippen LogP contribution in [0.2, 0.25) is 0 Å². The smallest absolute Gasteiger partial charge is 0.168 e. The maximum Gasteiger partial charge on any atom is 0.168 e. The topological polar surface area (TPSA) is 60.9 Å². The maximum absolute atomic E-state index is 9.86. The summed E-state index contributed by atoms with van der Waals surface area (Å²) in [6, 6.07) is 10.4. The highest BCUT2D eigenvalue weighted by molar-refractivity contribution is 5.74. The van der Waals surface area contributed by atoms with Crippen molar-refractivity contribution in [3.8, 4) is 17.6 Å². The van der Waals surface area contributed by atoms with E-state index in [0.29, 0.717) is 24.2 Å². The van der Waals surface area contributed by atoms with Gasteiger partial charge in [-0.15, -0.1) is 0 Å². The van der Waals surface area contributed by atoms with Crippen molar-refractivity contribution in [3.05, 3.63) is 72.1 Å². The summed E-state index contributed by atoms with van der Waals surface area (Å²) < 4.78 is 6.18. The molecule has 2 N–H and O–H groups in total. The molecule has 6 nitrogen and oxygen atoms in total. The summed E-state index contributed by atoms with van der Waals surface area (Å²) in [6.07, 6.45) is 8.18. The fourth-order valence-corrected chi connectivity index (χ4v) is 4.00. The number of hydrogen-bond acceptors (Lipinski definition) is 6. The summed E-state index contributed by atoms with van der Waals surface area (Å²) >= 11 is 0. The van der Waals surface area contributed by atoms with Gasteiger partial charge in [-0.2, -0.15) is 0 Å². The lowest BCUT2D eigenvalue weighted by Crippen LogP contribution is -2.39. The third-order valence-electron chi connectivity index (χ3n) is 6.08. The van der Waals surface area contributed by atoms with Gasteiger partial charge in [0, 0.05) is 43.7 Å². The van der Waals surface area contributed by atoms with Crippen LogP contribution in [-0.4, -0.2) is 65.8 Å². The first-order valence-corrected chi connectivity index (χ1v) is 12.1. The van der Waals surface area contributed by atoms with E-state index in [-0.39, 0.29) is 0 Å². The highest BCUT2D eigenvalue weighted by atomic mass is 16.5. The molecule has 0 unspecified atom stereocenters. The van der Waals surface area contributed by atoms with Gasteiger partial charge in [-0.25, -0.2) is 4.98 Å². The minimum atomic E-state index is -1.03. The highest BCUT2D eigenvalue weighted by Gasteiger charge is 2.19. The average Bonchev–Trinajstić information content (AvgIpc) is 2.84. The van der Waals surface area contributed by atoms with Crippen LogP contribution in [-0.2, 0) is 6.61 Å². The number of rotatable bonds is 8. The van der Waals surface area contributed by atoms with Gasteiger partial charge in [-0.3, -0.25) is 0 Å². The predicted octanol–water partition coefficient (Wildman–Crippen LogP) is 4.38. The minimum absolute atomic E-state index is 0.375. The number of allylic oxidation sites excluding steroid dienone is 2. The summed E-state index contributed by atoms with van der Waals surface area (Å²) in [6.45, 7) is 9.99. The second-order valence-electron chi connectivity index (χ2n) is 9.61. The highest BCUT2D eigenvalue weighted by Crippen LogP contribution is 2.28. The number of pyridine rings is 1. The molecule has 0 bridgehead atoms. The molecule has 186 valence electrons. The quantitative estimate of drug-likeness (QED) is 0.438. The molecule has 35 heavy (non-hydrogen) atoms. The van der Waals surface area contributed by atoms with Gasteiger partial charge >= 0.3 is 0 Å². The minimum Gasteiger partial charge on any atom is -0.485 e. The lowest BCUT2D eigenvalue weighted by Gasteiger charge is -2.34. The van der Waals surface area contributed by atoms with Crippen LogP contribution in [0.3, 0.4) is 0 Å². The van der Waals surface area contributed by atoms with E-state index in [1.807, 2.05) is 49.7 Å². The molecule has 1 aromatic heterocycles. The third-order valence-corrected chi connectivity index (χ3v) is 6.08. The standard InChI is InChI=1S/C29H38N4O2/c1-7-24(20-33(6)26-12-15-32(5)16-13-26)25-18-27(28(30-4)31-19-25)35-21-23-10-8-9-22(17-23)11-14-29(2,3)34/h7-10,17-20,26,34H,1,12-13,15-16,21H2,2-6H3,(H,30,31)/b24-20+. The Kier molecular flexibility index (Phi) is 8.97. The van der Waals surface area contributed by atoms with Gasteiger partial charge in [-0.05, 0) is 76.2 Å². The Bertz CT molecular complexity index is 1100. The molecule has 0 amide bonds. The Labute approximate surface area is 210 Å². The van der Waals surface area contributed by atoms with Gasteiger partial charge in [0.25, 0.3) is 0 Å². The van der Waals surface area contributed by atoms with Crippen LogP contribution in [0.25, 0.3) is 5.57 Å². The molecule has 0 aliphatic carbocycles. The van der Waals surface area contributed by atoms with Crippen molar-refractivity contribution in [3.63, 3.8) is 0 Å². The van der Waals surface area contributed by atoms with Crippen molar-refractivity contribution in [2.24, 2.45) is 0 Å². The normalized spacial score (nSPS) is 15.2. The number of aliphatic hydroxyl groups is 1. The molecule has 0 spiro atoms. The summed E-state index contributed by atoms with van der Waals surface area (Å²) in [5.41, 5.74) is 2.76. The van der Waals surface area contributed by atoms with Crippen molar-refractivity contribution >= 4 is 11.4 Å². The zero-order valence-electron chi connectivity index (χ0n) is 21.6. The summed E-state index contributed by atoms with van der Waals surface area (Å²) in [5.74, 6) is 7.22. The molecule has 0 atom stereocenters. The number of benzene rings is 1. The molecule has 1 fully saturated rings. The maximum atomic E-state index is 9.86. The molecular weight excluding hydrogens is 436 g/mol. The van der Waals surface area contributed by atoms with E-state index < -0.39 is 5.60 Å². The van der Waals surface area contributed by atoms with Crippen LogP contribution >= 0.6 is 0 Å². The number of piperidine rings is 1. The molecule has 1 aromatic carbocycles. The number of likely N-dealkylation sites (tertiary alicyclic amines) is 1. The molecule has 2 heterocycles. The number of anilines is 1. The molecule has 6 heteroatoms. The lowest BCUT2D eigenvalue weighted by atomic mass is 10.0. The van der Waals surface area contributed by atoms with E-state index in [1.54, 1.807) is 13.8 Å². The molecular formula is C29H38N4O2. The molecule has 0 saturated carbocycles. The number of ether oxygens (including phenoxy) is 1. The fourth-order valence-electron chi connectivity index (χ4n) is 4.00. The first-order chi connectivity index (χ1) is 16.7. The number of nitrogens with zero attached hydrogens (tertiary/aromatic N) is 3. The Morgan fingerprint density at radius 3 is 2.74 bits per heavy atom. The Hall–Kier alpha value is -3.27. The summed E-state index contributed by atoms with van der Waals surface area (Å²) in [4.78, 5) is 9.26. The van der Waals surface area contributed by atoms with Crippen LogP contribution in [0.5, 0.6) is 5.75 Å². The summed E-state index contributed by atoms with van der Waals surface area (Å²) in [5, 5.41) is 13.0. The molecule has 3 rings (SSSR count). The first kappa shape index (κ1) is 26.3. The van der Waals surface area contributed by atoms with Crippen LogP contribution in [0, 0.1) is 11.8 Å². The van der Waals surface area contributed by atoms with Gasteiger partial charge < -0.3 is 25.0 Å². The van der Waals surface area contributed by atoms with E-state index in [0.717, 1.165) is 48.2 Å². The predicted molar refractivity (Wildman–Crippen MR) is 144 cm³/mol. The van der Waals surface area contributed by atoms with Crippen molar-refractivity contribution in [1.82, 2.24) is 14.8 Å². The zero-order chi connectivity index (χ0) is 25.4. The fraction of sp³-hybridized carbons (Fsp3) is 0.414. The molecule has 2 aromatic rings. The van der Waals surface area contributed by atoms with Crippen molar-refractivity contribution < 1.29 is 9.84 Å². The Morgan fingerprint density at radius 1 is 1.34 bits per heavy atom. The van der Waals surface area contributed by atoms with Crippen LogP contribution in [0.1, 0.15) is 43.4 Å². The van der Waals surface area contributed by atoms with E-state index in [9.17, 15) is 5.11 Å². The van der Waals surface area contributed by atoms with E-state index in [1.165, 1.54) is 0 Å². The van der Waals surface area contributed by atoms with Gasteiger partial charge in [0.2, 0.25) is 0 Å². The van der Waals surface area contributed by atoms with Crippen molar-refractivity contribution in [1.29, 1.82) is 0 Å². The third kappa shape index (κ3) is 7.88. The zero-order valence-corrected chi connectivity index (χ0v) is 21.6. The molecule has 1 aliphatic rings. The van der Waals surface area contributed by atoms with E-state index >= 15 is 0 Å². The number of aromatic nitrogens is 1. The second-order valence-corrected chi connectivity index (χ2v) is 9.61. The Morgan fingerprint density at radius 2 is 2.09 bits per heavy atom. The van der Waals surface area contributed by atoms with Crippen LogP contribution in [0.15, 0.2) is 55.4 Å². The monoisotopic (exact) mass is 474 g/mol. The number of nitrogens with one attached hydrogen (secondary N) is 1. The Balaban J connectivity index is 1.77.